The van der Waals surface area contributed by atoms with E-state index in [1.54, 1.807) is 17.8 Å². The van der Waals surface area contributed by atoms with E-state index in [0.29, 0.717) is 12.2 Å². The summed E-state index contributed by atoms with van der Waals surface area (Å²) in [5, 5.41) is 4.25. The van der Waals surface area contributed by atoms with Gasteiger partial charge in [-0.05, 0) is 46.8 Å². The smallest absolute Gasteiger partial charge is 0.243 e. The van der Waals surface area contributed by atoms with Gasteiger partial charge in [0.25, 0.3) is 0 Å². The van der Waals surface area contributed by atoms with Gasteiger partial charge in [-0.25, -0.2) is 13.1 Å². The quantitative estimate of drug-likeness (QED) is 0.705. The number of hydrogen-bond acceptors (Lipinski definition) is 4. The van der Waals surface area contributed by atoms with E-state index in [0.717, 1.165) is 26.1 Å². The minimum atomic E-state index is -3.47. The maximum absolute atomic E-state index is 12.3. The molecule has 1 heterocycles. The Hall–Kier alpha value is -0.920. The Kier molecular flexibility index (Phi) is 6.83. The van der Waals surface area contributed by atoms with Crippen LogP contribution in [0, 0.1) is 6.92 Å². The van der Waals surface area contributed by atoms with Gasteiger partial charge in [-0.2, -0.15) is 5.10 Å². The maximum atomic E-state index is 12.3. The molecule has 0 fully saturated rings. The third-order valence-corrected chi connectivity index (χ3v) is 5.09. The molecule has 7 heteroatoms. The number of rotatable bonds is 9. The van der Waals surface area contributed by atoms with Crippen molar-refractivity contribution in [2.45, 2.75) is 52.0 Å². The van der Waals surface area contributed by atoms with E-state index in [9.17, 15) is 8.42 Å². The molecule has 1 aromatic heterocycles. The molecule has 0 unspecified atom stereocenters. The van der Waals surface area contributed by atoms with E-state index in [-0.39, 0.29) is 10.9 Å². The van der Waals surface area contributed by atoms with Crippen LogP contribution in [0.3, 0.4) is 0 Å². The first-order valence-corrected chi connectivity index (χ1v) is 9.07. The Balaban J connectivity index is 2.62. The zero-order valence-electron chi connectivity index (χ0n) is 13.8. The molecule has 0 aliphatic heterocycles. The van der Waals surface area contributed by atoms with Crippen LogP contribution in [-0.4, -0.2) is 49.3 Å². The number of aryl methyl sites for hydroxylation is 1. The Morgan fingerprint density at radius 3 is 2.43 bits per heavy atom. The highest BCUT2D eigenvalue weighted by Crippen LogP contribution is 2.15. The van der Waals surface area contributed by atoms with Gasteiger partial charge in [-0.1, -0.05) is 13.8 Å². The summed E-state index contributed by atoms with van der Waals surface area (Å²) >= 11 is 0. The molecule has 0 atom stereocenters. The van der Waals surface area contributed by atoms with Crippen molar-refractivity contribution in [3.8, 4) is 0 Å². The van der Waals surface area contributed by atoms with Crippen LogP contribution in [0.15, 0.2) is 11.1 Å². The number of nitrogens with one attached hydrogen (secondary N) is 1. The lowest BCUT2D eigenvalue weighted by Crippen LogP contribution is -2.30. The van der Waals surface area contributed by atoms with Crippen molar-refractivity contribution in [3.05, 3.63) is 11.9 Å². The highest BCUT2D eigenvalue weighted by atomic mass is 32.2. The average Bonchev–Trinajstić information content (AvgIpc) is 2.82. The zero-order chi connectivity index (χ0) is 16.0. The van der Waals surface area contributed by atoms with Crippen LogP contribution < -0.4 is 4.72 Å². The first-order valence-electron chi connectivity index (χ1n) is 7.59. The van der Waals surface area contributed by atoms with Gasteiger partial charge in [-0.3, -0.25) is 4.68 Å². The molecule has 6 nitrogen and oxygen atoms in total. The number of sulfonamides is 1. The van der Waals surface area contributed by atoms with Gasteiger partial charge >= 0.3 is 0 Å². The van der Waals surface area contributed by atoms with Gasteiger partial charge in [0.05, 0.1) is 5.69 Å². The molecule has 122 valence electrons. The molecule has 0 saturated carbocycles. The summed E-state index contributed by atoms with van der Waals surface area (Å²) in [4.78, 5) is 2.55. The van der Waals surface area contributed by atoms with Crippen molar-refractivity contribution in [1.82, 2.24) is 19.4 Å². The second-order valence-corrected chi connectivity index (χ2v) is 7.17. The van der Waals surface area contributed by atoms with Gasteiger partial charge in [0.1, 0.15) is 4.90 Å². The number of hydrogen-bond donors (Lipinski definition) is 1. The van der Waals surface area contributed by atoms with E-state index in [2.05, 4.69) is 28.6 Å². The Labute approximate surface area is 128 Å². The van der Waals surface area contributed by atoms with Crippen molar-refractivity contribution < 1.29 is 8.42 Å². The summed E-state index contributed by atoms with van der Waals surface area (Å²) in [6, 6.07) is 0.148. The maximum Gasteiger partial charge on any atom is 0.243 e. The largest absolute Gasteiger partial charge is 0.304 e. The number of nitrogens with zero attached hydrogens (tertiary/aromatic N) is 3. The molecule has 1 aromatic rings. The van der Waals surface area contributed by atoms with Gasteiger partial charge in [-0.15, -0.1) is 0 Å². The second kappa shape index (κ2) is 7.91. The molecular formula is C14H28N4O2S. The third kappa shape index (κ3) is 5.09. The average molecular weight is 316 g/mol. The fourth-order valence-corrected chi connectivity index (χ4v) is 3.37. The summed E-state index contributed by atoms with van der Waals surface area (Å²) in [6.45, 7) is 13.2. The standard InChI is InChI=1S/C14H28N4O2S/c1-6-17(7-2)10-8-9-15-21(19,20)14-11-18(12(3)4)16-13(14)5/h11-12,15H,6-10H2,1-5H3. The van der Waals surface area contributed by atoms with Crippen LogP contribution in [-0.2, 0) is 10.0 Å². The van der Waals surface area contributed by atoms with Gasteiger partial charge in [0, 0.05) is 18.8 Å². The second-order valence-electron chi connectivity index (χ2n) is 5.43. The highest BCUT2D eigenvalue weighted by Gasteiger charge is 2.20. The lowest BCUT2D eigenvalue weighted by Gasteiger charge is -2.17. The number of aromatic nitrogens is 2. The Bertz CT molecular complexity index is 533. The normalized spacial score (nSPS) is 12.5. The Morgan fingerprint density at radius 2 is 1.95 bits per heavy atom. The lowest BCUT2D eigenvalue weighted by molar-refractivity contribution is 0.300. The topological polar surface area (TPSA) is 67.2 Å². The summed E-state index contributed by atoms with van der Waals surface area (Å²) in [5.74, 6) is 0. The first kappa shape index (κ1) is 18.1. The van der Waals surface area contributed by atoms with E-state index in [1.807, 2.05) is 13.8 Å². The fraction of sp³-hybridized carbons (Fsp3) is 0.786. The molecule has 1 N–H and O–H groups in total. The molecular weight excluding hydrogens is 288 g/mol. The molecule has 0 aliphatic rings. The first-order chi connectivity index (χ1) is 9.81. The fourth-order valence-electron chi connectivity index (χ4n) is 2.12. The van der Waals surface area contributed by atoms with E-state index in [4.69, 9.17) is 0 Å². The van der Waals surface area contributed by atoms with Crippen molar-refractivity contribution in [2.24, 2.45) is 0 Å². The Morgan fingerprint density at radius 1 is 1.33 bits per heavy atom. The van der Waals surface area contributed by atoms with Crippen LogP contribution in [0.5, 0.6) is 0 Å². The van der Waals surface area contributed by atoms with Crippen molar-refractivity contribution in [2.75, 3.05) is 26.2 Å². The molecule has 1 rings (SSSR count). The van der Waals surface area contributed by atoms with E-state index < -0.39 is 10.0 Å². The van der Waals surface area contributed by atoms with Crippen molar-refractivity contribution >= 4 is 10.0 Å². The monoisotopic (exact) mass is 316 g/mol. The van der Waals surface area contributed by atoms with Crippen LogP contribution >= 0.6 is 0 Å². The summed E-state index contributed by atoms with van der Waals surface area (Å²) in [7, 11) is -3.47. The molecule has 21 heavy (non-hydrogen) atoms. The minimum Gasteiger partial charge on any atom is -0.304 e. The predicted octanol–water partition coefficient (Wildman–Crippen LogP) is 1.78. The predicted molar refractivity (Wildman–Crippen MR) is 84.9 cm³/mol. The van der Waals surface area contributed by atoms with Crippen LogP contribution in [0.4, 0.5) is 0 Å². The SMILES string of the molecule is CCN(CC)CCCNS(=O)(=O)c1cn(C(C)C)nc1C. The molecule has 0 spiro atoms. The molecule has 0 bridgehead atoms. The van der Waals surface area contributed by atoms with E-state index in [1.165, 1.54) is 0 Å². The van der Waals surface area contributed by atoms with Crippen LogP contribution in [0.1, 0.15) is 45.9 Å². The molecule has 0 amide bonds. The zero-order valence-corrected chi connectivity index (χ0v) is 14.6. The van der Waals surface area contributed by atoms with E-state index >= 15 is 0 Å². The van der Waals surface area contributed by atoms with Gasteiger partial charge in [0.15, 0.2) is 0 Å². The molecule has 0 aliphatic carbocycles. The van der Waals surface area contributed by atoms with Crippen molar-refractivity contribution in [1.29, 1.82) is 0 Å². The summed E-state index contributed by atoms with van der Waals surface area (Å²) in [6.07, 6.45) is 2.41. The molecule has 0 saturated heterocycles. The van der Waals surface area contributed by atoms with Crippen LogP contribution in [0.2, 0.25) is 0 Å². The van der Waals surface area contributed by atoms with Gasteiger partial charge < -0.3 is 4.90 Å². The highest BCUT2D eigenvalue weighted by molar-refractivity contribution is 7.89. The van der Waals surface area contributed by atoms with Crippen LogP contribution in [0.25, 0.3) is 0 Å². The molecule has 0 aromatic carbocycles. The minimum absolute atomic E-state index is 0.148. The third-order valence-electron chi connectivity index (χ3n) is 3.53. The molecule has 0 radical (unpaired) electrons. The summed E-state index contributed by atoms with van der Waals surface area (Å²) < 4.78 is 28.9. The van der Waals surface area contributed by atoms with Gasteiger partial charge in [0.2, 0.25) is 10.0 Å². The van der Waals surface area contributed by atoms with Crippen molar-refractivity contribution in [3.63, 3.8) is 0 Å². The summed E-state index contributed by atoms with van der Waals surface area (Å²) in [5.41, 5.74) is 0.542. The lowest BCUT2D eigenvalue weighted by atomic mass is 10.4.